The Bertz CT molecular complexity index is 731. The smallest absolute Gasteiger partial charge is 0.134 e. The molecule has 0 spiro atoms. The molecular weight excluding hydrogens is 247 g/mol. The van der Waals surface area contributed by atoms with Crippen molar-refractivity contribution in [3.8, 4) is 0 Å². The minimum atomic E-state index is -0.0731. The first-order valence-electron chi connectivity index (χ1n) is 7.29. The zero-order valence-electron chi connectivity index (χ0n) is 12.3. The van der Waals surface area contributed by atoms with Crippen LogP contribution >= 0.6 is 0 Å². The van der Waals surface area contributed by atoms with Crippen LogP contribution < -0.4 is 0 Å². The summed E-state index contributed by atoms with van der Waals surface area (Å²) in [5.41, 5.74) is 3.20. The monoisotopic (exact) mass is 266 g/mol. The number of benzene rings is 3. The molecule has 0 saturated heterocycles. The topological polar surface area (TPSA) is 0 Å². The van der Waals surface area contributed by atoms with Gasteiger partial charge in [-0.1, -0.05) is 44.2 Å². The van der Waals surface area contributed by atoms with Crippen LogP contribution in [0.5, 0.6) is 0 Å². The van der Waals surface area contributed by atoms with E-state index in [0.29, 0.717) is 0 Å². The van der Waals surface area contributed by atoms with Crippen LogP contribution in [0.4, 0.5) is 4.39 Å². The first-order chi connectivity index (χ1) is 9.65. The van der Waals surface area contributed by atoms with Gasteiger partial charge in [-0.15, -0.1) is 0 Å². The van der Waals surface area contributed by atoms with Gasteiger partial charge in [-0.2, -0.15) is 0 Å². The predicted molar refractivity (Wildman–Crippen MR) is 84.9 cm³/mol. The largest absolute Gasteiger partial charge is 0.206 e. The molecule has 0 unspecified atom stereocenters. The highest BCUT2D eigenvalue weighted by molar-refractivity contribution is 6.09. The quantitative estimate of drug-likeness (QED) is 0.532. The van der Waals surface area contributed by atoms with E-state index in [2.05, 4.69) is 44.2 Å². The second kappa shape index (κ2) is 4.90. The predicted octanol–water partition coefficient (Wildman–Crippen LogP) is 5.57. The standard InChI is InChI=1S/C19H19F/c1-4-13-6-8-15-16-9-7-14(5-2)11-18(16)19(20)12(3)17(15)10-13/h6-11H,4-5H2,1-3H3. The lowest BCUT2D eigenvalue weighted by Gasteiger charge is -2.12. The Labute approximate surface area is 119 Å². The Hall–Kier alpha value is -1.89. The number of hydrogen-bond acceptors (Lipinski definition) is 0. The average Bonchev–Trinajstić information content (AvgIpc) is 2.51. The first-order valence-corrected chi connectivity index (χ1v) is 7.29. The van der Waals surface area contributed by atoms with Crippen LogP contribution in [0.3, 0.4) is 0 Å². The van der Waals surface area contributed by atoms with Crippen molar-refractivity contribution in [2.45, 2.75) is 33.6 Å². The van der Waals surface area contributed by atoms with Gasteiger partial charge in [0.25, 0.3) is 0 Å². The van der Waals surface area contributed by atoms with E-state index in [1.165, 1.54) is 11.1 Å². The highest BCUT2D eigenvalue weighted by Crippen LogP contribution is 2.33. The van der Waals surface area contributed by atoms with Gasteiger partial charge in [-0.05, 0) is 58.7 Å². The number of fused-ring (bicyclic) bond motifs is 3. The Morgan fingerprint density at radius 2 is 1.25 bits per heavy atom. The third kappa shape index (κ3) is 1.89. The molecule has 0 amide bonds. The molecule has 0 heterocycles. The Balaban J connectivity index is 2.47. The lowest BCUT2D eigenvalue weighted by atomic mass is 9.94. The zero-order valence-corrected chi connectivity index (χ0v) is 12.3. The van der Waals surface area contributed by atoms with E-state index in [1.807, 2.05) is 13.0 Å². The maximum Gasteiger partial charge on any atom is 0.134 e. The van der Waals surface area contributed by atoms with Gasteiger partial charge in [0.15, 0.2) is 0 Å². The number of rotatable bonds is 2. The molecule has 0 atom stereocenters. The molecule has 3 aromatic carbocycles. The van der Waals surface area contributed by atoms with E-state index in [4.69, 9.17) is 0 Å². The van der Waals surface area contributed by atoms with Crippen molar-refractivity contribution in [1.29, 1.82) is 0 Å². The zero-order chi connectivity index (χ0) is 14.3. The van der Waals surface area contributed by atoms with Crippen LogP contribution in [0.2, 0.25) is 0 Å². The fourth-order valence-electron chi connectivity index (χ4n) is 2.90. The van der Waals surface area contributed by atoms with Crippen LogP contribution in [0.1, 0.15) is 30.5 Å². The molecule has 0 N–H and O–H groups in total. The Morgan fingerprint density at radius 1 is 0.750 bits per heavy atom. The van der Waals surface area contributed by atoms with Crippen molar-refractivity contribution in [3.63, 3.8) is 0 Å². The minimum absolute atomic E-state index is 0.0731. The summed E-state index contributed by atoms with van der Waals surface area (Å²) < 4.78 is 14.7. The van der Waals surface area contributed by atoms with E-state index < -0.39 is 0 Å². The molecule has 0 nitrogen and oxygen atoms in total. The fourth-order valence-corrected chi connectivity index (χ4v) is 2.90. The van der Waals surface area contributed by atoms with Gasteiger partial charge in [-0.3, -0.25) is 0 Å². The molecule has 0 bridgehead atoms. The van der Waals surface area contributed by atoms with Gasteiger partial charge in [0.1, 0.15) is 5.82 Å². The van der Waals surface area contributed by atoms with Crippen molar-refractivity contribution >= 4 is 21.5 Å². The summed E-state index contributed by atoms with van der Waals surface area (Å²) in [5.74, 6) is -0.0731. The van der Waals surface area contributed by atoms with E-state index >= 15 is 0 Å². The van der Waals surface area contributed by atoms with Crippen molar-refractivity contribution in [3.05, 3.63) is 58.9 Å². The molecule has 0 aromatic heterocycles. The van der Waals surface area contributed by atoms with Gasteiger partial charge in [0, 0.05) is 5.39 Å². The van der Waals surface area contributed by atoms with Crippen LogP contribution in [-0.4, -0.2) is 0 Å². The SMILES string of the molecule is CCc1ccc2c(c1)c(C)c(F)c1cc(CC)ccc12. The third-order valence-electron chi connectivity index (χ3n) is 4.24. The van der Waals surface area contributed by atoms with E-state index in [0.717, 1.165) is 39.9 Å². The first kappa shape index (κ1) is 13.1. The maximum absolute atomic E-state index is 14.7. The molecule has 0 radical (unpaired) electrons. The second-order valence-electron chi connectivity index (χ2n) is 5.41. The van der Waals surface area contributed by atoms with Crippen molar-refractivity contribution in [2.75, 3.05) is 0 Å². The Kier molecular flexibility index (Phi) is 3.21. The average molecular weight is 266 g/mol. The molecule has 20 heavy (non-hydrogen) atoms. The van der Waals surface area contributed by atoms with E-state index in [1.54, 1.807) is 0 Å². The lowest BCUT2D eigenvalue weighted by molar-refractivity contribution is 0.632. The van der Waals surface area contributed by atoms with Crippen LogP contribution in [-0.2, 0) is 12.8 Å². The molecule has 0 aliphatic carbocycles. The molecule has 0 saturated carbocycles. The van der Waals surface area contributed by atoms with E-state index in [-0.39, 0.29) is 5.82 Å². The summed E-state index contributed by atoms with van der Waals surface area (Å²) in [6, 6.07) is 12.6. The molecule has 0 aliphatic rings. The number of halogens is 1. The summed E-state index contributed by atoms with van der Waals surface area (Å²) in [6.45, 7) is 6.11. The third-order valence-corrected chi connectivity index (χ3v) is 4.24. The molecule has 1 heteroatoms. The van der Waals surface area contributed by atoms with E-state index in [9.17, 15) is 4.39 Å². The summed E-state index contributed by atoms with van der Waals surface area (Å²) in [7, 11) is 0. The molecule has 0 fully saturated rings. The van der Waals surface area contributed by atoms with Crippen molar-refractivity contribution < 1.29 is 4.39 Å². The van der Waals surface area contributed by atoms with Gasteiger partial charge in [-0.25, -0.2) is 4.39 Å². The van der Waals surface area contributed by atoms with Crippen molar-refractivity contribution in [2.24, 2.45) is 0 Å². The number of aryl methyl sites for hydroxylation is 3. The highest BCUT2D eigenvalue weighted by atomic mass is 19.1. The summed E-state index contributed by atoms with van der Waals surface area (Å²) in [4.78, 5) is 0. The molecule has 102 valence electrons. The molecule has 3 aromatic rings. The van der Waals surface area contributed by atoms with Gasteiger partial charge in [0.2, 0.25) is 0 Å². The fraction of sp³-hybridized carbons (Fsp3) is 0.263. The lowest BCUT2D eigenvalue weighted by Crippen LogP contribution is -1.92. The molecule has 3 rings (SSSR count). The highest BCUT2D eigenvalue weighted by Gasteiger charge is 2.12. The van der Waals surface area contributed by atoms with Crippen LogP contribution in [0, 0.1) is 12.7 Å². The Morgan fingerprint density at radius 3 is 1.80 bits per heavy atom. The normalized spacial score (nSPS) is 11.4. The van der Waals surface area contributed by atoms with Crippen LogP contribution in [0.15, 0.2) is 36.4 Å². The van der Waals surface area contributed by atoms with Gasteiger partial charge < -0.3 is 0 Å². The second-order valence-corrected chi connectivity index (χ2v) is 5.41. The maximum atomic E-state index is 14.7. The minimum Gasteiger partial charge on any atom is -0.206 e. The summed E-state index contributed by atoms with van der Waals surface area (Å²) in [5, 5.41) is 3.96. The molecular formula is C19H19F. The van der Waals surface area contributed by atoms with Crippen LogP contribution in [0.25, 0.3) is 21.5 Å². The summed E-state index contributed by atoms with van der Waals surface area (Å²) >= 11 is 0. The molecule has 0 aliphatic heterocycles. The van der Waals surface area contributed by atoms with Gasteiger partial charge >= 0.3 is 0 Å². The van der Waals surface area contributed by atoms with Gasteiger partial charge in [0.05, 0.1) is 0 Å². The number of hydrogen-bond donors (Lipinski definition) is 0. The summed E-state index contributed by atoms with van der Waals surface area (Å²) in [6.07, 6.45) is 1.91. The van der Waals surface area contributed by atoms with Crippen molar-refractivity contribution in [1.82, 2.24) is 0 Å².